The minimum absolute atomic E-state index is 0.00959. The molecule has 0 aromatic heterocycles. The van der Waals surface area contributed by atoms with Crippen LogP contribution in [0.25, 0.3) is 0 Å². The Hall–Kier alpha value is -1.31. The van der Waals surface area contributed by atoms with E-state index in [4.69, 9.17) is 4.11 Å². The highest BCUT2D eigenvalue weighted by atomic mass is 16.2. The summed E-state index contributed by atoms with van der Waals surface area (Å²) in [5.74, 6) is -0.121. The topological polar surface area (TPSA) is 20.3 Å². The molecule has 1 aromatic rings. The van der Waals surface area contributed by atoms with Gasteiger partial charge in [0, 0.05) is 17.6 Å². The molecule has 0 aliphatic carbocycles. The van der Waals surface area contributed by atoms with Crippen LogP contribution in [0, 0.1) is 0 Å². The summed E-state index contributed by atoms with van der Waals surface area (Å²) < 4.78 is 24.3. The molecule has 2 nitrogen and oxygen atoms in total. The zero-order valence-corrected chi connectivity index (χ0v) is 12.1. The third-order valence-electron chi connectivity index (χ3n) is 3.29. The Morgan fingerprint density at radius 1 is 1.17 bits per heavy atom. The van der Waals surface area contributed by atoms with Crippen LogP contribution in [-0.2, 0) is 12.0 Å². The predicted molar refractivity (Wildman–Crippen MR) is 74.8 cm³/mol. The van der Waals surface area contributed by atoms with E-state index in [2.05, 4.69) is 0 Å². The fraction of sp³-hybridized carbons (Fsp3) is 0.562. The van der Waals surface area contributed by atoms with Crippen molar-refractivity contribution in [1.82, 2.24) is 4.90 Å². The van der Waals surface area contributed by atoms with Crippen LogP contribution in [0.4, 0.5) is 0 Å². The highest BCUT2D eigenvalue weighted by Gasteiger charge is 2.37. The minimum Gasteiger partial charge on any atom is -0.329 e. The number of carbonyl (C=O) groups is 1. The lowest BCUT2D eigenvalue weighted by Crippen LogP contribution is -2.41. The third-order valence-corrected chi connectivity index (χ3v) is 3.29. The van der Waals surface area contributed by atoms with Gasteiger partial charge in [-0.3, -0.25) is 4.79 Å². The average Bonchev–Trinajstić information content (AvgIpc) is 2.63. The van der Waals surface area contributed by atoms with Gasteiger partial charge in [0.15, 0.2) is 0 Å². The maximum absolute atomic E-state index is 12.8. The van der Waals surface area contributed by atoms with E-state index in [1.54, 1.807) is 4.90 Å². The van der Waals surface area contributed by atoms with E-state index >= 15 is 0 Å². The Morgan fingerprint density at radius 2 is 1.78 bits per heavy atom. The van der Waals surface area contributed by atoms with Crippen LogP contribution in [-0.4, -0.2) is 16.3 Å². The molecule has 1 amide bonds. The monoisotopic (exact) mass is 248 g/mol. The maximum atomic E-state index is 12.8. The fourth-order valence-corrected chi connectivity index (χ4v) is 2.27. The predicted octanol–water partition coefficient (Wildman–Crippen LogP) is 3.74. The first kappa shape index (κ1) is 9.60. The Bertz CT molecular complexity index is 624. The summed E-state index contributed by atoms with van der Waals surface area (Å²) >= 11 is 0. The van der Waals surface area contributed by atoms with Crippen molar-refractivity contribution in [2.45, 2.75) is 59.0 Å². The van der Waals surface area contributed by atoms with Crippen molar-refractivity contribution in [1.29, 1.82) is 0 Å². The lowest BCUT2D eigenvalue weighted by atomic mass is 9.82. The second kappa shape index (κ2) is 3.84. The minimum atomic E-state index is -0.409. The average molecular weight is 248 g/mol. The Kier molecular flexibility index (Phi) is 2.05. The first-order valence-electron chi connectivity index (χ1n) is 7.82. The van der Waals surface area contributed by atoms with Crippen molar-refractivity contribution in [3.05, 3.63) is 34.8 Å². The third kappa shape index (κ3) is 2.05. The number of nitrogens with zero attached hydrogens (tertiary/aromatic N) is 1. The molecular weight excluding hydrogens is 222 g/mol. The molecule has 1 aliphatic heterocycles. The molecule has 1 aromatic carbocycles. The van der Waals surface area contributed by atoms with Crippen molar-refractivity contribution in [3.8, 4) is 0 Å². The Morgan fingerprint density at radius 3 is 2.28 bits per heavy atom. The summed E-state index contributed by atoms with van der Waals surface area (Å²) in [4.78, 5) is 14.6. The van der Waals surface area contributed by atoms with E-state index in [1.807, 2.05) is 41.5 Å². The molecule has 2 rings (SSSR count). The first-order chi connectivity index (χ1) is 9.37. The molecule has 98 valence electrons. The number of hydrogen-bond donors (Lipinski definition) is 0. The first-order valence-corrected chi connectivity index (χ1v) is 6.32. The molecule has 1 aliphatic rings. The highest BCUT2D eigenvalue weighted by molar-refractivity contribution is 6.00. The summed E-state index contributed by atoms with van der Waals surface area (Å²) in [7, 11) is 0. The van der Waals surface area contributed by atoms with Gasteiger partial charge in [-0.1, -0.05) is 38.9 Å². The molecule has 0 saturated heterocycles. The normalized spacial score (nSPS) is 18.4. The van der Waals surface area contributed by atoms with Gasteiger partial charge in [0.05, 0.1) is 4.11 Å². The molecule has 0 spiro atoms. The zero-order valence-electron chi connectivity index (χ0n) is 15.1. The van der Waals surface area contributed by atoms with E-state index in [0.29, 0.717) is 23.2 Å². The van der Waals surface area contributed by atoms with E-state index in [0.717, 1.165) is 0 Å². The molecule has 0 atom stereocenters. The van der Waals surface area contributed by atoms with Crippen LogP contribution in [0.3, 0.4) is 0 Å². The Labute approximate surface area is 114 Å². The molecule has 0 unspecified atom stereocenters. The number of fused-ring (bicyclic) bond motifs is 1. The van der Waals surface area contributed by atoms with Gasteiger partial charge in [-0.25, -0.2) is 0 Å². The van der Waals surface area contributed by atoms with E-state index in [1.165, 1.54) is 0 Å². The number of amides is 1. The molecule has 0 bridgehead atoms. The number of carbonyl (C=O) groups excluding carboxylic acids is 1. The van der Waals surface area contributed by atoms with Crippen LogP contribution >= 0.6 is 0 Å². The highest BCUT2D eigenvalue weighted by Crippen LogP contribution is 2.35. The lowest BCUT2D eigenvalue weighted by molar-refractivity contribution is 0.0608. The number of rotatable bonds is 0. The zero-order chi connectivity index (χ0) is 16.3. The second-order valence-corrected chi connectivity index (χ2v) is 6.92. The lowest BCUT2D eigenvalue weighted by Gasteiger charge is -2.32. The van der Waals surface area contributed by atoms with Gasteiger partial charge in [0.25, 0.3) is 5.91 Å². The summed E-state index contributed by atoms with van der Waals surface area (Å²) in [6.45, 7) is 12.1. The maximum Gasteiger partial charge on any atom is 0.255 e. The standard InChI is InChI=1S/C16H23NO/c1-15(2,3)12-9-7-8-11-10-17(16(4,5)6)14(18)13(11)12/h7-9H,10H2,1-6H3/i7D,8D,9D. The van der Waals surface area contributed by atoms with Gasteiger partial charge in [0.2, 0.25) is 0 Å². The van der Waals surface area contributed by atoms with Crippen molar-refractivity contribution in [2.75, 3.05) is 0 Å². The van der Waals surface area contributed by atoms with Crippen LogP contribution in [0.5, 0.6) is 0 Å². The van der Waals surface area contributed by atoms with Crippen molar-refractivity contribution < 1.29 is 8.91 Å². The van der Waals surface area contributed by atoms with Crippen molar-refractivity contribution in [3.63, 3.8) is 0 Å². The van der Waals surface area contributed by atoms with Gasteiger partial charge >= 0.3 is 0 Å². The smallest absolute Gasteiger partial charge is 0.255 e. The molecule has 1 heterocycles. The molecular formula is C16H23NO. The van der Waals surface area contributed by atoms with Crippen molar-refractivity contribution in [2.24, 2.45) is 0 Å². The Balaban J connectivity index is 2.80. The largest absolute Gasteiger partial charge is 0.329 e. The van der Waals surface area contributed by atoms with E-state index < -0.39 is 5.41 Å². The van der Waals surface area contributed by atoms with Gasteiger partial charge in [-0.2, -0.15) is 0 Å². The van der Waals surface area contributed by atoms with Gasteiger partial charge in [0.1, 0.15) is 0 Å². The number of hydrogen-bond acceptors (Lipinski definition) is 1. The molecule has 18 heavy (non-hydrogen) atoms. The van der Waals surface area contributed by atoms with E-state index in [-0.39, 0.29) is 29.6 Å². The molecule has 0 fully saturated rings. The van der Waals surface area contributed by atoms with Crippen LogP contribution in [0.2, 0.25) is 0 Å². The second-order valence-electron chi connectivity index (χ2n) is 6.92. The van der Waals surface area contributed by atoms with Gasteiger partial charge in [-0.05, 0) is 37.3 Å². The van der Waals surface area contributed by atoms with Gasteiger partial charge < -0.3 is 4.90 Å². The molecule has 0 radical (unpaired) electrons. The SMILES string of the molecule is [2H]c1c([2H])c2c(c(C(C)(C)C)c1[2H])C(=O)N(C(C)(C)C)C2. The van der Waals surface area contributed by atoms with Crippen LogP contribution < -0.4 is 0 Å². The van der Waals surface area contributed by atoms with Gasteiger partial charge in [-0.15, -0.1) is 0 Å². The quantitative estimate of drug-likeness (QED) is 0.685. The number of benzene rings is 1. The fourth-order valence-electron chi connectivity index (χ4n) is 2.27. The van der Waals surface area contributed by atoms with Crippen molar-refractivity contribution >= 4 is 5.91 Å². The summed E-state index contributed by atoms with van der Waals surface area (Å²) in [5, 5.41) is 0. The summed E-state index contributed by atoms with van der Waals surface area (Å²) in [5.41, 5.74) is 0.913. The summed E-state index contributed by atoms with van der Waals surface area (Å²) in [6.07, 6.45) is 0. The molecule has 0 saturated carbocycles. The molecule has 0 N–H and O–H groups in total. The van der Waals surface area contributed by atoms with Crippen LogP contribution in [0.1, 0.15) is 67.1 Å². The summed E-state index contributed by atoms with van der Waals surface area (Å²) in [6, 6.07) is -0.0549. The molecule has 2 heteroatoms. The van der Waals surface area contributed by atoms with Crippen LogP contribution in [0.15, 0.2) is 18.1 Å². The van der Waals surface area contributed by atoms with E-state index in [9.17, 15) is 4.79 Å².